The molecule has 6 nitrogen and oxygen atoms in total. The summed E-state index contributed by atoms with van der Waals surface area (Å²) in [5.41, 5.74) is 9.55. The number of benzene rings is 1. The van der Waals surface area contributed by atoms with Gasteiger partial charge in [0.25, 0.3) is 0 Å². The monoisotopic (exact) mass is 595 g/mol. The number of anilines is 1. The van der Waals surface area contributed by atoms with Crippen LogP contribution in [0, 0.1) is 11.8 Å². The molecule has 0 unspecified atom stereocenters. The van der Waals surface area contributed by atoms with Gasteiger partial charge in [-0.05, 0) is 17.7 Å². The van der Waals surface area contributed by atoms with Gasteiger partial charge in [-0.3, -0.25) is 0 Å². The van der Waals surface area contributed by atoms with Crippen molar-refractivity contribution in [2.24, 2.45) is 11.8 Å². The molecule has 0 aliphatic carbocycles. The summed E-state index contributed by atoms with van der Waals surface area (Å²) in [6.07, 6.45) is 5.60. The van der Waals surface area contributed by atoms with Crippen LogP contribution in [0.5, 0.6) is 0 Å². The van der Waals surface area contributed by atoms with Gasteiger partial charge in [-0.25, -0.2) is 4.98 Å². The maximum absolute atomic E-state index is 13.3. The number of amides is 1. The number of rotatable bonds is 7. The Balaban J connectivity index is 1.29. The molecule has 2 saturated heterocycles. The summed E-state index contributed by atoms with van der Waals surface area (Å²) in [4.78, 5) is 21.8. The average Bonchev–Trinajstić information content (AvgIpc) is 2.86. The predicted octanol–water partition coefficient (Wildman–Crippen LogP) is 1.46. The molecule has 0 atom stereocenters. The van der Waals surface area contributed by atoms with Gasteiger partial charge in [-0.1, -0.05) is 0 Å². The summed E-state index contributed by atoms with van der Waals surface area (Å²) >= 11 is 5.67. The molecular formula is C26H33ClIN4O2-. The fraction of sp³-hybridized carbons (Fsp3) is 0.462. The maximum atomic E-state index is 13.3. The topological polar surface area (TPSA) is 71.7 Å². The predicted molar refractivity (Wildman–Crippen MR) is 132 cm³/mol. The summed E-state index contributed by atoms with van der Waals surface area (Å²) in [6.45, 7) is 4.41. The zero-order valence-corrected chi connectivity index (χ0v) is 22.5. The van der Waals surface area contributed by atoms with Crippen molar-refractivity contribution in [2.45, 2.75) is 32.2 Å². The molecular weight excluding hydrogens is 563 g/mol. The Kier molecular flexibility index (Phi) is 9.22. The number of allylic oxidation sites excluding steroid dienone is 1. The third-order valence-electron chi connectivity index (χ3n) is 6.86. The van der Waals surface area contributed by atoms with Crippen LogP contribution < -0.4 is 27.4 Å². The first-order valence-corrected chi connectivity index (χ1v) is 14.4. The number of nitrogens with zero attached hydrogens (tertiary/aromatic N) is 3. The second-order valence-corrected chi connectivity index (χ2v) is 11.5. The van der Waals surface area contributed by atoms with E-state index in [1.54, 1.807) is 13.3 Å². The van der Waals surface area contributed by atoms with E-state index < -0.39 is 21.6 Å². The first-order valence-electron chi connectivity index (χ1n) is 11.9. The van der Waals surface area contributed by atoms with Crippen molar-refractivity contribution in [3.63, 3.8) is 0 Å². The van der Waals surface area contributed by atoms with Crippen molar-refractivity contribution in [3.8, 4) is 0 Å². The quantitative estimate of drug-likeness (QED) is 0.491. The second-order valence-electron chi connectivity index (χ2n) is 9.05. The van der Waals surface area contributed by atoms with Gasteiger partial charge in [0.1, 0.15) is 5.82 Å². The van der Waals surface area contributed by atoms with Crippen molar-refractivity contribution in [2.75, 3.05) is 39.0 Å². The Morgan fingerprint density at radius 3 is 2.44 bits per heavy atom. The van der Waals surface area contributed by atoms with Crippen LogP contribution in [0.2, 0.25) is 5.02 Å². The molecule has 0 saturated carbocycles. The van der Waals surface area contributed by atoms with Gasteiger partial charge in [-0.2, -0.15) is 0 Å². The van der Waals surface area contributed by atoms with Crippen LogP contribution in [0.15, 0.2) is 46.7 Å². The molecule has 8 heteroatoms. The Labute approximate surface area is 218 Å². The van der Waals surface area contributed by atoms with E-state index in [4.69, 9.17) is 20.4 Å². The number of nitrogens with two attached hydrogens (primary N) is 1. The van der Waals surface area contributed by atoms with Gasteiger partial charge in [0.2, 0.25) is 0 Å². The number of carbonyl (C=O) groups excluding carboxylic acids is 1. The molecule has 1 amide bonds. The van der Waals surface area contributed by atoms with Crippen LogP contribution in [0.3, 0.4) is 0 Å². The van der Waals surface area contributed by atoms with Gasteiger partial charge >= 0.3 is 179 Å². The molecule has 2 N–H and O–H groups in total. The molecule has 184 valence electrons. The van der Waals surface area contributed by atoms with E-state index in [9.17, 15) is 4.79 Å². The first-order chi connectivity index (χ1) is 16.5. The van der Waals surface area contributed by atoms with Gasteiger partial charge in [0.15, 0.2) is 0 Å². The number of nitrogen functional groups attached to an aromatic ring is 1. The van der Waals surface area contributed by atoms with E-state index in [1.807, 2.05) is 24.3 Å². The molecule has 2 fully saturated rings. The normalized spacial score (nSPS) is 19.0. The Bertz CT molecular complexity index is 985. The molecule has 2 aliphatic rings. The van der Waals surface area contributed by atoms with E-state index in [-0.39, 0.29) is 5.92 Å². The number of pyridine rings is 1. The standard InChI is InChI=1S/C26H33ClIN4O2/c1-34-28-17-24(20-2-4-23(27)5-3-20)21-9-14-32(15-10-21)26(33)22-7-12-31(13-8-22)18-19-6-11-30-25(29)16-19/h2-6,11,16-17,21-22H,7-10,12-15,18H2,1H3,(H2,29,30)/q-1/b24-17+. The van der Waals surface area contributed by atoms with E-state index in [1.165, 1.54) is 16.7 Å². The van der Waals surface area contributed by atoms with Crippen molar-refractivity contribution >= 4 is 28.9 Å². The Morgan fingerprint density at radius 2 is 1.79 bits per heavy atom. The van der Waals surface area contributed by atoms with Crippen molar-refractivity contribution < 1.29 is 29.5 Å². The summed E-state index contributed by atoms with van der Waals surface area (Å²) in [5.74, 6) is 1.49. The number of piperidine rings is 2. The molecule has 4 rings (SSSR count). The van der Waals surface area contributed by atoms with E-state index in [0.29, 0.717) is 17.6 Å². The van der Waals surface area contributed by atoms with Crippen LogP contribution in [0.4, 0.5) is 5.82 Å². The SMILES string of the molecule is CO[I-]/C=C(\c1ccc(Cl)cc1)C1CCN(C(=O)C2CCN(Cc3ccnc(N)c3)CC2)CC1. The van der Waals surface area contributed by atoms with Gasteiger partial charge in [0, 0.05) is 6.20 Å². The van der Waals surface area contributed by atoms with Crippen LogP contribution in [0.25, 0.3) is 5.57 Å². The molecule has 1 aromatic heterocycles. The van der Waals surface area contributed by atoms with Crippen LogP contribution >= 0.6 is 11.6 Å². The van der Waals surface area contributed by atoms with Crippen molar-refractivity contribution in [3.05, 3.63) is 62.8 Å². The summed E-state index contributed by atoms with van der Waals surface area (Å²) in [5, 5.41) is 0.751. The van der Waals surface area contributed by atoms with Crippen LogP contribution in [-0.2, 0) is 14.4 Å². The minimum absolute atomic E-state index is 0.140. The minimum atomic E-state index is -0.424. The second kappa shape index (κ2) is 12.3. The van der Waals surface area contributed by atoms with E-state index in [2.05, 4.69) is 31.0 Å². The molecule has 0 radical (unpaired) electrons. The summed E-state index contributed by atoms with van der Waals surface area (Å²) in [7, 11) is 1.77. The molecule has 0 bridgehead atoms. The van der Waals surface area contributed by atoms with Crippen molar-refractivity contribution in [1.29, 1.82) is 0 Å². The van der Waals surface area contributed by atoms with Gasteiger partial charge in [-0.15, -0.1) is 0 Å². The fourth-order valence-electron chi connectivity index (χ4n) is 4.98. The van der Waals surface area contributed by atoms with E-state index >= 15 is 0 Å². The fourth-order valence-corrected chi connectivity index (χ4v) is 6.50. The van der Waals surface area contributed by atoms with E-state index in [0.717, 1.165) is 63.4 Å². The first kappa shape index (κ1) is 25.4. The average molecular weight is 596 g/mol. The van der Waals surface area contributed by atoms with Crippen molar-refractivity contribution in [1.82, 2.24) is 14.8 Å². The Hall–Kier alpha value is -1.68. The summed E-state index contributed by atoms with van der Waals surface area (Å²) in [6, 6.07) is 12.0. The Morgan fingerprint density at radius 1 is 1.12 bits per heavy atom. The van der Waals surface area contributed by atoms with Crippen LogP contribution in [0.1, 0.15) is 36.8 Å². The zero-order valence-electron chi connectivity index (χ0n) is 19.6. The number of hydrogen-bond donors (Lipinski definition) is 1. The zero-order chi connectivity index (χ0) is 23.9. The molecule has 1 aromatic carbocycles. The molecule has 3 heterocycles. The molecule has 34 heavy (non-hydrogen) atoms. The number of aromatic nitrogens is 1. The molecule has 2 aliphatic heterocycles. The van der Waals surface area contributed by atoms with Gasteiger partial charge < -0.3 is 5.73 Å². The number of carbonyl (C=O) groups is 1. The number of hydrogen-bond acceptors (Lipinski definition) is 5. The number of likely N-dealkylation sites (tertiary alicyclic amines) is 2. The molecule has 0 spiro atoms. The molecule has 2 aromatic rings. The van der Waals surface area contributed by atoms with Crippen LogP contribution in [-0.4, -0.2) is 54.0 Å². The summed E-state index contributed by atoms with van der Waals surface area (Å²) < 4.78 is 7.72. The number of halogens is 2. The third kappa shape index (κ3) is 6.71. The third-order valence-corrected chi connectivity index (χ3v) is 8.55. The van der Waals surface area contributed by atoms with Gasteiger partial charge in [0.05, 0.1) is 0 Å².